The Balaban J connectivity index is 5.29. The molecular weight excluding hydrogens is 270 g/mol. The van der Waals surface area contributed by atoms with Gasteiger partial charge in [-0.25, -0.2) is 4.79 Å². The number of ether oxygens (including phenoxy) is 1. The van der Waals surface area contributed by atoms with Gasteiger partial charge in [0.05, 0.1) is 11.0 Å². The Morgan fingerprint density at radius 2 is 2.00 bits per heavy atom. The SMILES string of the molecule is CCCCC(C)(C)C(=CS(=O)(=O)O)C(=O)OCCN. The van der Waals surface area contributed by atoms with Gasteiger partial charge in [-0.2, -0.15) is 8.42 Å². The minimum atomic E-state index is -4.40. The highest BCUT2D eigenvalue weighted by atomic mass is 32.2. The quantitative estimate of drug-likeness (QED) is 0.399. The molecule has 0 spiro atoms. The van der Waals surface area contributed by atoms with Crippen molar-refractivity contribution in [3.8, 4) is 0 Å². The van der Waals surface area contributed by atoms with Gasteiger partial charge in [-0.05, 0) is 11.8 Å². The molecule has 0 aromatic rings. The molecule has 0 aliphatic rings. The predicted octanol–water partition coefficient (Wildman–Crippen LogP) is 1.48. The van der Waals surface area contributed by atoms with Crippen LogP contribution in [0.3, 0.4) is 0 Å². The molecule has 0 aliphatic carbocycles. The van der Waals surface area contributed by atoms with Gasteiger partial charge in [0.1, 0.15) is 6.61 Å². The third-order valence-corrected chi connectivity index (χ3v) is 3.26. The molecule has 3 N–H and O–H groups in total. The van der Waals surface area contributed by atoms with E-state index in [4.69, 9.17) is 15.0 Å². The molecular formula is C12H23NO5S. The third-order valence-electron chi connectivity index (χ3n) is 2.72. The van der Waals surface area contributed by atoms with Crippen LogP contribution in [0.4, 0.5) is 0 Å². The van der Waals surface area contributed by atoms with Crippen LogP contribution >= 0.6 is 0 Å². The average molecular weight is 293 g/mol. The summed E-state index contributed by atoms with van der Waals surface area (Å²) in [5.41, 5.74) is 4.47. The van der Waals surface area contributed by atoms with Crippen molar-refractivity contribution in [2.24, 2.45) is 11.1 Å². The van der Waals surface area contributed by atoms with Crippen molar-refractivity contribution < 1.29 is 22.5 Å². The molecule has 0 saturated heterocycles. The molecule has 0 fully saturated rings. The summed E-state index contributed by atoms with van der Waals surface area (Å²) in [7, 11) is -4.40. The highest BCUT2D eigenvalue weighted by Crippen LogP contribution is 2.33. The first kappa shape index (κ1) is 18.1. The first-order valence-electron chi connectivity index (χ1n) is 6.21. The van der Waals surface area contributed by atoms with E-state index >= 15 is 0 Å². The maximum Gasteiger partial charge on any atom is 0.335 e. The molecule has 0 aromatic heterocycles. The summed E-state index contributed by atoms with van der Waals surface area (Å²) in [5, 5.41) is 0.571. The fourth-order valence-corrected chi connectivity index (χ4v) is 2.33. The largest absolute Gasteiger partial charge is 0.461 e. The Morgan fingerprint density at radius 3 is 2.42 bits per heavy atom. The smallest absolute Gasteiger partial charge is 0.335 e. The third kappa shape index (κ3) is 7.29. The molecule has 19 heavy (non-hydrogen) atoms. The van der Waals surface area contributed by atoms with Gasteiger partial charge >= 0.3 is 5.97 Å². The summed E-state index contributed by atoms with van der Waals surface area (Å²) in [4.78, 5) is 11.9. The van der Waals surface area contributed by atoms with Crippen LogP contribution in [0.25, 0.3) is 0 Å². The van der Waals surface area contributed by atoms with Crippen molar-refractivity contribution in [1.29, 1.82) is 0 Å². The second-order valence-corrected chi connectivity index (χ2v) is 6.22. The summed E-state index contributed by atoms with van der Waals surface area (Å²) in [5.74, 6) is -0.760. The van der Waals surface area contributed by atoms with Crippen LogP contribution in [0.5, 0.6) is 0 Å². The van der Waals surface area contributed by atoms with E-state index in [-0.39, 0.29) is 18.7 Å². The fourth-order valence-electron chi connectivity index (χ4n) is 1.62. The first-order chi connectivity index (χ1) is 8.64. The maximum atomic E-state index is 11.9. The highest BCUT2D eigenvalue weighted by molar-refractivity contribution is 7.88. The van der Waals surface area contributed by atoms with Crippen LogP contribution in [-0.4, -0.2) is 32.1 Å². The fraction of sp³-hybridized carbons (Fsp3) is 0.750. The van der Waals surface area contributed by atoms with Crippen LogP contribution in [0.15, 0.2) is 11.0 Å². The Morgan fingerprint density at radius 1 is 1.42 bits per heavy atom. The topological polar surface area (TPSA) is 107 Å². The number of esters is 1. The Labute approximate surface area is 114 Å². The van der Waals surface area contributed by atoms with E-state index < -0.39 is 21.5 Å². The molecule has 6 nitrogen and oxygen atoms in total. The number of unbranched alkanes of at least 4 members (excludes halogenated alkanes) is 1. The molecule has 0 unspecified atom stereocenters. The van der Waals surface area contributed by atoms with Gasteiger partial charge in [-0.1, -0.05) is 33.6 Å². The molecule has 0 amide bonds. The Hall–Kier alpha value is -0.920. The summed E-state index contributed by atoms with van der Waals surface area (Å²) in [6.45, 7) is 5.63. The monoisotopic (exact) mass is 293 g/mol. The number of rotatable bonds is 8. The molecule has 0 aromatic carbocycles. The molecule has 0 rings (SSSR count). The van der Waals surface area contributed by atoms with Gasteiger partial charge in [0.2, 0.25) is 0 Å². The van der Waals surface area contributed by atoms with Crippen LogP contribution in [0, 0.1) is 5.41 Å². The van der Waals surface area contributed by atoms with Crippen molar-refractivity contribution in [2.45, 2.75) is 40.0 Å². The first-order valence-corrected chi connectivity index (χ1v) is 7.71. The zero-order valence-electron chi connectivity index (χ0n) is 11.7. The lowest BCUT2D eigenvalue weighted by Gasteiger charge is -2.26. The minimum Gasteiger partial charge on any atom is -0.461 e. The van der Waals surface area contributed by atoms with Gasteiger partial charge in [-0.15, -0.1) is 0 Å². The van der Waals surface area contributed by atoms with E-state index in [0.717, 1.165) is 12.8 Å². The van der Waals surface area contributed by atoms with Crippen LogP contribution in [0.1, 0.15) is 40.0 Å². The highest BCUT2D eigenvalue weighted by Gasteiger charge is 2.31. The lowest BCUT2D eigenvalue weighted by atomic mass is 9.80. The van der Waals surface area contributed by atoms with Crippen molar-refractivity contribution in [3.63, 3.8) is 0 Å². The summed E-state index contributed by atoms with van der Waals surface area (Å²) in [6, 6.07) is 0. The Kier molecular flexibility index (Phi) is 7.25. The zero-order chi connectivity index (χ0) is 15.1. The zero-order valence-corrected chi connectivity index (χ0v) is 12.5. The van der Waals surface area contributed by atoms with E-state index in [0.29, 0.717) is 11.8 Å². The normalized spacial score (nSPS) is 13.4. The molecule has 0 atom stereocenters. The summed E-state index contributed by atoms with van der Waals surface area (Å²) >= 11 is 0. The predicted molar refractivity (Wildman–Crippen MR) is 73.0 cm³/mol. The summed E-state index contributed by atoms with van der Waals surface area (Å²) < 4.78 is 35.7. The van der Waals surface area contributed by atoms with Crippen molar-refractivity contribution in [3.05, 3.63) is 11.0 Å². The molecule has 7 heteroatoms. The molecule has 0 bridgehead atoms. The molecule has 0 heterocycles. The number of hydrogen-bond acceptors (Lipinski definition) is 5. The van der Waals surface area contributed by atoms with Crippen molar-refractivity contribution in [2.75, 3.05) is 13.2 Å². The minimum absolute atomic E-state index is 0.00546. The van der Waals surface area contributed by atoms with E-state index in [9.17, 15) is 13.2 Å². The Bertz CT molecular complexity index is 425. The number of carbonyl (C=O) groups excluding carboxylic acids is 1. The van der Waals surface area contributed by atoms with Crippen LogP contribution in [-0.2, 0) is 19.6 Å². The number of carbonyl (C=O) groups is 1. The molecule has 0 saturated carbocycles. The van der Waals surface area contributed by atoms with E-state index in [1.54, 1.807) is 13.8 Å². The second-order valence-electron chi connectivity index (χ2n) is 4.96. The van der Waals surface area contributed by atoms with Gasteiger partial charge in [0.25, 0.3) is 10.1 Å². The van der Waals surface area contributed by atoms with Crippen LogP contribution in [0.2, 0.25) is 0 Å². The van der Waals surface area contributed by atoms with Crippen LogP contribution < -0.4 is 5.73 Å². The van der Waals surface area contributed by atoms with Crippen molar-refractivity contribution in [1.82, 2.24) is 0 Å². The van der Waals surface area contributed by atoms with Gasteiger partial charge in [0.15, 0.2) is 0 Å². The lowest BCUT2D eigenvalue weighted by molar-refractivity contribution is -0.140. The molecule has 0 radical (unpaired) electrons. The maximum absolute atomic E-state index is 11.9. The molecule has 112 valence electrons. The number of hydrogen-bond donors (Lipinski definition) is 2. The molecule has 0 aliphatic heterocycles. The van der Waals surface area contributed by atoms with E-state index in [1.807, 2.05) is 6.92 Å². The average Bonchev–Trinajstić information content (AvgIpc) is 2.29. The number of nitrogens with two attached hydrogens (primary N) is 1. The second kappa shape index (κ2) is 7.62. The van der Waals surface area contributed by atoms with Gasteiger partial charge in [0, 0.05) is 6.54 Å². The standard InChI is InChI=1S/C12H23NO5S/c1-4-5-6-12(2,3)10(9-19(15,16)17)11(14)18-8-7-13/h9H,4-8,13H2,1-3H3,(H,15,16,17). The van der Waals surface area contributed by atoms with E-state index in [1.165, 1.54) is 0 Å². The van der Waals surface area contributed by atoms with E-state index in [2.05, 4.69) is 0 Å². The lowest BCUT2D eigenvalue weighted by Crippen LogP contribution is -2.26. The van der Waals surface area contributed by atoms with Crippen molar-refractivity contribution >= 4 is 16.1 Å². The summed E-state index contributed by atoms with van der Waals surface area (Å²) in [6.07, 6.45) is 2.36. The van der Waals surface area contributed by atoms with Gasteiger partial charge in [-0.3, -0.25) is 4.55 Å². The van der Waals surface area contributed by atoms with Gasteiger partial charge < -0.3 is 10.5 Å².